The summed E-state index contributed by atoms with van der Waals surface area (Å²) in [5, 5.41) is 0.655. The van der Waals surface area contributed by atoms with Crippen LogP contribution in [0.1, 0.15) is 13.3 Å². The van der Waals surface area contributed by atoms with Gasteiger partial charge in [0.25, 0.3) is 0 Å². The van der Waals surface area contributed by atoms with Gasteiger partial charge < -0.3 is 0 Å². The van der Waals surface area contributed by atoms with Crippen LogP contribution < -0.4 is 0 Å². The zero-order valence-electron chi connectivity index (χ0n) is 4.72. The zero-order chi connectivity index (χ0) is 5.98. The van der Waals surface area contributed by atoms with E-state index in [0.717, 1.165) is 11.0 Å². The van der Waals surface area contributed by atoms with Crippen LogP contribution in [-0.4, -0.2) is 16.3 Å². The lowest BCUT2D eigenvalue weighted by molar-refractivity contribution is 0.844. The van der Waals surface area contributed by atoms with Crippen LogP contribution in [0.5, 0.6) is 0 Å². The molecule has 46 valence electrons. The Bertz CT molecular complexity index is 113. The van der Waals surface area contributed by atoms with Gasteiger partial charge in [0.05, 0.1) is 6.54 Å². The van der Waals surface area contributed by atoms with Crippen LogP contribution in [-0.2, 0) is 0 Å². The van der Waals surface area contributed by atoms with Gasteiger partial charge >= 0.3 is 0 Å². The molecule has 0 aromatic rings. The van der Waals surface area contributed by atoms with Gasteiger partial charge in [0.1, 0.15) is 0 Å². The van der Waals surface area contributed by atoms with Crippen LogP contribution in [0.3, 0.4) is 0 Å². The minimum absolute atomic E-state index is 0.655. The quantitative estimate of drug-likeness (QED) is 0.556. The van der Waals surface area contributed by atoms with Gasteiger partial charge in [-0.3, -0.25) is 4.99 Å². The average molecular weight is 150 g/mol. The summed E-state index contributed by atoms with van der Waals surface area (Å²) >= 11 is 7.28. The second kappa shape index (κ2) is 2.74. The van der Waals surface area contributed by atoms with Crippen molar-refractivity contribution in [1.29, 1.82) is 0 Å². The molecule has 0 spiro atoms. The Morgan fingerprint density at radius 2 is 2.75 bits per heavy atom. The molecule has 1 nitrogen and oxygen atoms in total. The molecule has 1 unspecified atom stereocenters. The Hall–Kier alpha value is 0.310. The average Bonchev–Trinajstić information content (AvgIpc) is 2.14. The van der Waals surface area contributed by atoms with Crippen molar-refractivity contribution in [3.8, 4) is 0 Å². The number of aliphatic imine (C=N–C) groups is 1. The van der Waals surface area contributed by atoms with Crippen molar-refractivity contribution in [2.45, 2.75) is 18.6 Å². The molecule has 3 heteroatoms. The zero-order valence-corrected chi connectivity index (χ0v) is 6.30. The van der Waals surface area contributed by atoms with Gasteiger partial charge in [-0.15, -0.1) is 0 Å². The Labute approximate surface area is 58.5 Å². The fraction of sp³-hybridized carbons (Fsp3) is 0.800. The van der Waals surface area contributed by atoms with E-state index in [2.05, 4.69) is 11.9 Å². The van der Waals surface area contributed by atoms with Crippen molar-refractivity contribution in [1.82, 2.24) is 0 Å². The topological polar surface area (TPSA) is 12.4 Å². The first-order chi connectivity index (χ1) is 3.83. The molecule has 1 aliphatic rings. The molecule has 0 bridgehead atoms. The standard InChI is InChI=1S/C5H8ClNS/c1-2-4-3-7-5(6)8-4/h4H,2-3H2,1H3. The summed E-state index contributed by atoms with van der Waals surface area (Å²) < 4.78 is 0.733. The van der Waals surface area contributed by atoms with Crippen LogP contribution >= 0.6 is 23.4 Å². The van der Waals surface area contributed by atoms with E-state index in [0.29, 0.717) is 5.25 Å². The molecule has 0 radical (unpaired) electrons. The van der Waals surface area contributed by atoms with E-state index in [1.165, 1.54) is 6.42 Å². The monoisotopic (exact) mass is 149 g/mol. The van der Waals surface area contributed by atoms with E-state index in [1.54, 1.807) is 11.8 Å². The van der Waals surface area contributed by atoms with Gasteiger partial charge in [-0.25, -0.2) is 0 Å². The van der Waals surface area contributed by atoms with Crippen LogP contribution in [0, 0.1) is 0 Å². The van der Waals surface area contributed by atoms with E-state index < -0.39 is 0 Å². The summed E-state index contributed by atoms with van der Waals surface area (Å²) in [6.07, 6.45) is 1.17. The van der Waals surface area contributed by atoms with Crippen LogP contribution in [0.25, 0.3) is 0 Å². The lowest BCUT2D eigenvalue weighted by Crippen LogP contribution is -1.98. The van der Waals surface area contributed by atoms with E-state index in [1.807, 2.05) is 0 Å². The molecule has 1 heterocycles. The third-order valence-corrected chi connectivity index (χ3v) is 2.66. The second-order valence-electron chi connectivity index (χ2n) is 1.74. The van der Waals surface area contributed by atoms with Gasteiger partial charge in [-0.2, -0.15) is 0 Å². The normalized spacial score (nSPS) is 28.2. The Morgan fingerprint density at radius 3 is 3.00 bits per heavy atom. The summed E-state index contributed by atoms with van der Waals surface area (Å²) in [5.41, 5.74) is 0. The van der Waals surface area contributed by atoms with Gasteiger partial charge in [-0.05, 0) is 6.42 Å². The summed E-state index contributed by atoms with van der Waals surface area (Å²) in [6.45, 7) is 3.07. The predicted octanol–water partition coefficient (Wildman–Crippen LogP) is 2.11. The van der Waals surface area contributed by atoms with Crippen molar-refractivity contribution in [2.24, 2.45) is 4.99 Å². The second-order valence-corrected chi connectivity index (χ2v) is 3.61. The van der Waals surface area contributed by atoms with Crippen molar-refractivity contribution in [3.63, 3.8) is 0 Å². The highest BCUT2D eigenvalue weighted by Gasteiger charge is 2.14. The minimum atomic E-state index is 0.655. The van der Waals surface area contributed by atoms with E-state index in [-0.39, 0.29) is 0 Å². The number of rotatable bonds is 1. The molecule has 0 N–H and O–H groups in total. The third-order valence-electron chi connectivity index (χ3n) is 1.14. The lowest BCUT2D eigenvalue weighted by atomic mass is 10.3. The number of nitrogens with zero attached hydrogens (tertiary/aromatic N) is 1. The molecule has 8 heavy (non-hydrogen) atoms. The molecule has 1 aliphatic heterocycles. The van der Waals surface area contributed by atoms with E-state index in [4.69, 9.17) is 11.6 Å². The smallest absolute Gasteiger partial charge is 0.158 e. The van der Waals surface area contributed by atoms with E-state index in [9.17, 15) is 0 Å². The number of thioether (sulfide) groups is 1. The van der Waals surface area contributed by atoms with Gasteiger partial charge in [0, 0.05) is 5.25 Å². The van der Waals surface area contributed by atoms with Crippen molar-refractivity contribution < 1.29 is 0 Å². The molecule has 0 fully saturated rings. The maximum atomic E-state index is 5.60. The van der Waals surface area contributed by atoms with Gasteiger partial charge in [-0.1, -0.05) is 30.3 Å². The number of hydrogen-bond donors (Lipinski definition) is 0. The molecular formula is C5H8ClNS. The first-order valence-electron chi connectivity index (χ1n) is 2.69. The van der Waals surface area contributed by atoms with Crippen molar-refractivity contribution in [3.05, 3.63) is 0 Å². The highest BCUT2D eigenvalue weighted by Crippen LogP contribution is 2.24. The highest BCUT2D eigenvalue weighted by molar-refractivity contribution is 8.17. The Balaban J connectivity index is 2.32. The number of halogens is 1. The molecule has 0 amide bonds. The molecule has 1 rings (SSSR count). The van der Waals surface area contributed by atoms with Crippen molar-refractivity contribution >= 4 is 27.9 Å². The summed E-state index contributed by atoms with van der Waals surface area (Å²) in [5.74, 6) is 0. The first-order valence-corrected chi connectivity index (χ1v) is 3.95. The van der Waals surface area contributed by atoms with Crippen LogP contribution in [0.15, 0.2) is 4.99 Å². The third kappa shape index (κ3) is 1.39. The predicted molar refractivity (Wildman–Crippen MR) is 39.8 cm³/mol. The molecule has 0 aromatic heterocycles. The Morgan fingerprint density at radius 1 is 2.00 bits per heavy atom. The van der Waals surface area contributed by atoms with Gasteiger partial charge in [0.2, 0.25) is 0 Å². The van der Waals surface area contributed by atoms with Gasteiger partial charge in [0.15, 0.2) is 4.50 Å². The summed E-state index contributed by atoms with van der Waals surface area (Å²) in [7, 11) is 0. The van der Waals surface area contributed by atoms with Crippen LogP contribution in [0.2, 0.25) is 0 Å². The van der Waals surface area contributed by atoms with E-state index >= 15 is 0 Å². The lowest BCUT2D eigenvalue weighted by Gasteiger charge is -1.98. The highest BCUT2D eigenvalue weighted by atomic mass is 35.5. The minimum Gasteiger partial charge on any atom is -0.266 e. The molecule has 0 saturated heterocycles. The molecular weight excluding hydrogens is 142 g/mol. The largest absolute Gasteiger partial charge is 0.266 e. The number of hydrogen-bond acceptors (Lipinski definition) is 2. The maximum absolute atomic E-state index is 5.60. The fourth-order valence-electron chi connectivity index (χ4n) is 0.598. The molecule has 0 aliphatic carbocycles. The Kier molecular flexibility index (Phi) is 2.20. The van der Waals surface area contributed by atoms with Crippen LogP contribution in [0.4, 0.5) is 0 Å². The maximum Gasteiger partial charge on any atom is 0.158 e. The molecule has 1 atom stereocenters. The summed E-state index contributed by atoms with van der Waals surface area (Å²) in [4.78, 5) is 4.03. The fourth-order valence-corrected chi connectivity index (χ4v) is 1.78. The molecule has 0 saturated carbocycles. The van der Waals surface area contributed by atoms with Crippen molar-refractivity contribution in [2.75, 3.05) is 6.54 Å². The SMILES string of the molecule is CCC1CN=C(Cl)S1. The first kappa shape index (κ1) is 6.43. The summed E-state index contributed by atoms with van der Waals surface area (Å²) in [6, 6.07) is 0. The molecule has 0 aromatic carbocycles.